The number of hydrogen-bond acceptors (Lipinski definition) is 0. The minimum absolute atomic E-state index is 0.352. The minimum Gasteiger partial charge on any atom is -0.206 e. The molecule has 0 aromatic carbocycles. The van der Waals surface area contributed by atoms with Crippen LogP contribution in [-0.4, -0.2) is 5.92 Å². The molecule has 2 aliphatic rings. The number of rotatable bonds is 2. The number of halogens is 2. The Morgan fingerprint density at radius 3 is 1.12 bits per heavy atom. The molecule has 2 rings (SSSR count). The van der Waals surface area contributed by atoms with Gasteiger partial charge in [-0.25, -0.2) is 8.78 Å². The van der Waals surface area contributed by atoms with Crippen LogP contribution < -0.4 is 0 Å². The van der Waals surface area contributed by atoms with Crippen molar-refractivity contribution in [2.75, 3.05) is 0 Å². The lowest BCUT2D eigenvalue weighted by molar-refractivity contribution is -0.108. The first kappa shape index (κ1) is 13.3. The molecule has 0 nitrogen and oxygen atoms in total. The lowest BCUT2D eigenvalue weighted by Crippen LogP contribution is -2.34. The Labute approximate surface area is 104 Å². The van der Waals surface area contributed by atoms with E-state index >= 15 is 0 Å². The fraction of sp³-hybridized carbons (Fsp3) is 1.00. The van der Waals surface area contributed by atoms with Crippen LogP contribution in [0.15, 0.2) is 0 Å². The second-order valence-electron chi connectivity index (χ2n) is 6.92. The van der Waals surface area contributed by atoms with Crippen LogP contribution in [0.4, 0.5) is 8.78 Å². The monoisotopic (exact) mass is 244 g/mol. The smallest absolute Gasteiger partial charge is 0.206 e. The Balaban J connectivity index is 2.04. The summed E-state index contributed by atoms with van der Waals surface area (Å²) in [5.74, 6) is -1.23. The Morgan fingerprint density at radius 1 is 0.647 bits per heavy atom. The van der Waals surface area contributed by atoms with Gasteiger partial charge in [0.2, 0.25) is 0 Å². The van der Waals surface area contributed by atoms with Gasteiger partial charge in [-0.2, -0.15) is 0 Å². The van der Waals surface area contributed by atoms with Crippen molar-refractivity contribution >= 4 is 0 Å². The van der Waals surface area contributed by atoms with Crippen molar-refractivity contribution in [3.05, 3.63) is 0 Å². The molecule has 0 amide bonds. The first-order chi connectivity index (χ1) is 7.82. The molecule has 0 aromatic heterocycles. The average Bonchev–Trinajstić information content (AvgIpc) is 2.74. The van der Waals surface area contributed by atoms with Crippen LogP contribution in [0.1, 0.15) is 53.4 Å². The molecule has 0 aliphatic heterocycles. The minimum atomic E-state index is -2.42. The molecule has 0 bridgehead atoms. The Hall–Kier alpha value is -0.140. The predicted octanol–water partition coefficient (Wildman–Crippen LogP) is 4.99. The molecular formula is C15H26F2. The zero-order chi connectivity index (χ0) is 12.8. The van der Waals surface area contributed by atoms with E-state index in [-0.39, 0.29) is 11.8 Å². The number of hydrogen-bond donors (Lipinski definition) is 0. The van der Waals surface area contributed by atoms with Crippen molar-refractivity contribution in [1.82, 2.24) is 0 Å². The SMILES string of the molecule is CC1CC(C(F)(F)C2CC(C)C(C)C2)CC1C. The van der Waals surface area contributed by atoms with Gasteiger partial charge in [0.15, 0.2) is 0 Å². The van der Waals surface area contributed by atoms with E-state index in [1.165, 1.54) is 0 Å². The van der Waals surface area contributed by atoms with Crippen LogP contribution in [0.2, 0.25) is 0 Å². The third-order valence-corrected chi connectivity index (χ3v) is 5.66. The van der Waals surface area contributed by atoms with Crippen LogP contribution in [-0.2, 0) is 0 Å². The normalized spacial score (nSPS) is 47.6. The molecule has 0 heterocycles. The molecule has 0 N–H and O–H groups in total. The van der Waals surface area contributed by atoms with Gasteiger partial charge in [0.1, 0.15) is 0 Å². The molecule has 0 spiro atoms. The molecule has 0 radical (unpaired) electrons. The lowest BCUT2D eigenvalue weighted by atomic mass is 9.86. The van der Waals surface area contributed by atoms with E-state index in [1.807, 2.05) is 0 Å². The summed E-state index contributed by atoms with van der Waals surface area (Å²) in [6.07, 6.45) is 2.92. The van der Waals surface area contributed by atoms with Crippen molar-refractivity contribution in [3.8, 4) is 0 Å². The van der Waals surface area contributed by atoms with Crippen molar-refractivity contribution in [2.45, 2.75) is 59.3 Å². The lowest BCUT2D eigenvalue weighted by Gasteiger charge is -2.29. The van der Waals surface area contributed by atoms with E-state index in [0.29, 0.717) is 23.7 Å². The summed E-state index contributed by atoms with van der Waals surface area (Å²) in [5.41, 5.74) is 0. The molecule has 2 heteroatoms. The second kappa shape index (κ2) is 4.51. The molecule has 0 saturated heterocycles. The average molecular weight is 244 g/mol. The Bertz CT molecular complexity index is 228. The predicted molar refractivity (Wildman–Crippen MR) is 67.1 cm³/mol. The van der Waals surface area contributed by atoms with Crippen molar-refractivity contribution < 1.29 is 8.78 Å². The highest BCUT2D eigenvalue weighted by Crippen LogP contribution is 2.52. The molecule has 0 aromatic rings. The summed E-state index contributed by atoms with van der Waals surface area (Å²) in [4.78, 5) is 0. The van der Waals surface area contributed by atoms with Gasteiger partial charge >= 0.3 is 0 Å². The van der Waals surface area contributed by atoms with E-state index in [9.17, 15) is 8.78 Å². The van der Waals surface area contributed by atoms with E-state index in [1.54, 1.807) is 0 Å². The van der Waals surface area contributed by atoms with Crippen LogP contribution in [0, 0.1) is 35.5 Å². The maximum atomic E-state index is 14.5. The Morgan fingerprint density at radius 2 is 0.882 bits per heavy atom. The quantitative estimate of drug-likeness (QED) is 0.642. The topological polar surface area (TPSA) is 0 Å². The van der Waals surface area contributed by atoms with Gasteiger partial charge in [-0.3, -0.25) is 0 Å². The fourth-order valence-corrected chi connectivity index (χ4v) is 3.88. The summed E-state index contributed by atoms with van der Waals surface area (Å²) in [6, 6.07) is 0. The van der Waals surface area contributed by atoms with E-state index in [4.69, 9.17) is 0 Å². The van der Waals surface area contributed by atoms with Gasteiger partial charge in [-0.15, -0.1) is 0 Å². The molecule has 4 atom stereocenters. The van der Waals surface area contributed by atoms with Crippen molar-refractivity contribution in [2.24, 2.45) is 35.5 Å². The summed E-state index contributed by atoms with van der Waals surface area (Å²) in [5, 5.41) is 0. The van der Waals surface area contributed by atoms with Gasteiger partial charge in [-0.1, -0.05) is 27.7 Å². The Kier molecular flexibility index (Phi) is 3.53. The molecular weight excluding hydrogens is 218 g/mol. The molecule has 17 heavy (non-hydrogen) atoms. The third-order valence-electron chi connectivity index (χ3n) is 5.66. The summed E-state index contributed by atoms with van der Waals surface area (Å²) >= 11 is 0. The molecule has 4 unspecified atom stereocenters. The zero-order valence-electron chi connectivity index (χ0n) is 11.5. The van der Waals surface area contributed by atoms with Crippen LogP contribution in [0.3, 0.4) is 0 Å². The van der Waals surface area contributed by atoms with Crippen molar-refractivity contribution in [3.63, 3.8) is 0 Å². The number of alkyl halides is 2. The fourth-order valence-electron chi connectivity index (χ4n) is 3.88. The van der Waals surface area contributed by atoms with Crippen LogP contribution >= 0.6 is 0 Å². The highest BCUT2D eigenvalue weighted by molar-refractivity contribution is 4.95. The first-order valence-corrected chi connectivity index (χ1v) is 7.20. The van der Waals surface area contributed by atoms with Crippen molar-refractivity contribution in [1.29, 1.82) is 0 Å². The maximum Gasteiger partial charge on any atom is 0.253 e. The summed E-state index contributed by atoms with van der Waals surface area (Å²) in [7, 11) is 0. The molecule has 100 valence electrons. The van der Waals surface area contributed by atoms with Gasteiger partial charge in [-0.05, 0) is 49.4 Å². The second-order valence-corrected chi connectivity index (χ2v) is 6.92. The summed E-state index contributed by atoms with van der Waals surface area (Å²) in [6.45, 7) is 8.50. The largest absolute Gasteiger partial charge is 0.253 e. The third kappa shape index (κ3) is 2.37. The maximum absolute atomic E-state index is 14.5. The standard InChI is InChI=1S/C15H26F2/c1-9-5-13(6-10(9)2)15(16,17)14-7-11(3)12(4)8-14/h9-14H,5-8H2,1-4H3. The van der Waals surface area contributed by atoms with E-state index in [2.05, 4.69) is 27.7 Å². The van der Waals surface area contributed by atoms with Crippen LogP contribution in [0.5, 0.6) is 0 Å². The van der Waals surface area contributed by atoms with Gasteiger partial charge in [0.05, 0.1) is 0 Å². The molecule has 2 aliphatic carbocycles. The molecule has 2 saturated carbocycles. The van der Waals surface area contributed by atoms with Gasteiger partial charge in [0.25, 0.3) is 5.92 Å². The molecule has 2 fully saturated rings. The summed E-state index contributed by atoms with van der Waals surface area (Å²) < 4.78 is 29.1. The van der Waals surface area contributed by atoms with Gasteiger partial charge in [0, 0.05) is 11.8 Å². The zero-order valence-corrected chi connectivity index (χ0v) is 11.5. The van der Waals surface area contributed by atoms with Gasteiger partial charge < -0.3 is 0 Å². The van der Waals surface area contributed by atoms with Crippen LogP contribution in [0.25, 0.3) is 0 Å². The highest BCUT2D eigenvalue weighted by atomic mass is 19.3. The highest BCUT2D eigenvalue weighted by Gasteiger charge is 2.52. The van der Waals surface area contributed by atoms with E-state index in [0.717, 1.165) is 25.7 Å². The first-order valence-electron chi connectivity index (χ1n) is 7.20. The van der Waals surface area contributed by atoms with E-state index < -0.39 is 5.92 Å².